The topological polar surface area (TPSA) is 100 Å². The second kappa shape index (κ2) is 7.22. The molecular weight excluding hydrogens is 344 g/mol. The predicted molar refractivity (Wildman–Crippen MR) is 91.5 cm³/mol. The van der Waals surface area contributed by atoms with Crippen LogP contribution in [0.1, 0.15) is 22.3 Å². The van der Waals surface area contributed by atoms with Crippen molar-refractivity contribution in [1.29, 1.82) is 0 Å². The van der Waals surface area contributed by atoms with Crippen molar-refractivity contribution in [3.63, 3.8) is 0 Å². The summed E-state index contributed by atoms with van der Waals surface area (Å²) in [4.78, 5) is 26.4. The second-order valence-electron chi connectivity index (χ2n) is 5.08. The monoisotopic (exact) mass is 358 g/mol. The van der Waals surface area contributed by atoms with Gasteiger partial charge in [-0.1, -0.05) is 0 Å². The van der Waals surface area contributed by atoms with E-state index in [-0.39, 0.29) is 5.69 Å². The summed E-state index contributed by atoms with van der Waals surface area (Å²) < 4.78 is 6.54. The molecule has 0 unspecified atom stereocenters. The number of esters is 1. The molecule has 2 aromatic heterocycles. The molecule has 0 atom stereocenters. The van der Waals surface area contributed by atoms with Crippen LogP contribution in [-0.4, -0.2) is 32.3 Å². The molecule has 0 bridgehead atoms. The molecule has 3 rings (SSSR count). The Balaban J connectivity index is 1.71. The molecule has 0 spiro atoms. The number of aromatic nitrogens is 3. The first-order valence-corrected chi connectivity index (χ1v) is 8.33. The van der Waals surface area contributed by atoms with Gasteiger partial charge in [0.1, 0.15) is 5.01 Å². The van der Waals surface area contributed by atoms with Crippen LogP contribution in [0.2, 0.25) is 0 Å². The Hall–Kier alpha value is -3.07. The highest BCUT2D eigenvalue weighted by molar-refractivity contribution is 7.09. The summed E-state index contributed by atoms with van der Waals surface area (Å²) in [5.41, 5.74) is 1.99. The highest BCUT2D eigenvalue weighted by atomic mass is 32.1. The molecule has 0 aliphatic rings. The number of nitro benzene ring substituents is 1. The molecule has 0 saturated carbocycles. The summed E-state index contributed by atoms with van der Waals surface area (Å²) in [5, 5.41) is 17.5. The smallest absolute Gasteiger partial charge is 0.341 e. The molecule has 128 valence electrons. The molecule has 0 amide bonds. The number of nitrogens with zero attached hydrogens (tertiary/aromatic N) is 4. The number of carbonyl (C=O) groups excluding carboxylic acids is 1. The quantitative estimate of drug-likeness (QED) is 0.381. The highest BCUT2D eigenvalue weighted by Crippen LogP contribution is 2.24. The summed E-state index contributed by atoms with van der Waals surface area (Å²) >= 11 is 1.46. The predicted octanol–water partition coefficient (Wildman–Crippen LogP) is 3.14. The lowest BCUT2D eigenvalue weighted by molar-refractivity contribution is -0.384. The number of nitro groups is 1. The molecule has 0 fully saturated rings. The van der Waals surface area contributed by atoms with Crippen molar-refractivity contribution in [3.05, 3.63) is 62.7 Å². The lowest BCUT2D eigenvalue weighted by Gasteiger charge is -1.98. The van der Waals surface area contributed by atoms with Crippen molar-refractivity contribution >= 4 is 23.0 Å². The van der Waals surface area contributed by atoms with Crippen LogP contribution < -0.4 is 0 Å². The van der Waals surface area contributed by atoms with Crippen LogP contribution in [0.25, 0.3) is 11.3 Å². The molecule has 0 aliphatic carbocycles. The Bertz CT molecular complexity index is 901. The first-order valence-electron chi connectivity index (χ1n) is 7.45. The van der Waals surface area contributed by atoms with Crippen molar-refractivity contribution in [2.45, 2.75) is 13.5 Å². The molecule has 3 aromatic rings. The van der Waals surface area contributed by atoms with Gasteiger partial charge in [0, 0.05) is 29.3 Å². The number of non-ortho nitro benzene ring substituents is 1. The summed E-state index contributed by atoms with van der Waals surface area (Å²) in [6, 6.07) is 6.24. The van der Waals surface area contributed by atoms with Gasteiger partial charge in [-0.15, -0.1) is 11.3 Å². The van der Waals surface area contributed by atoms with Crippen LogP contribution in [0.15, 0.2) is 42.0 Å². The van der Waals surface area contributed by atoms with E-state index in [0.717, 1.165) is 16.3 Å². The normalized spacial score (nSPS) is 10.6. The molecule has 2 heterocycles. The maximum atomic E-state index is 11.6. The fourth-order valence-corrected chi connectivity index (χ4v) is 2.97. The maximum absolute atomic E-state index is 11.6. The van der Waals surface area contributed by atoms with Gasteiger partial charge in [0.15, 0.2) is 0 Å². The van der Waals surface area contributed by atoms with E-state index in [0.29, 0.717) is 18.7 Å². The van der Waals surface area contributed by atoms with Gasteiger partial charge in [-0.25, -0.2) is 9.78 Å². The minimum absolute atomic E-state index is 0.0437. The van der Waals surface area contributed by atoms with E-state index in [1.165, 1.54) is 29.7 Å². The second-order valence-corrected chi connectivity index (χ2v) is 6.02. The Labute approximate surface area is 146 Å². The average Bonchev–Trinajstić information content (AvgIpc) is 3.25. The summed E-state index contributed by atoms with van der Waals surface area (Å²) in [5.74, 6) is -0.403. The number of carbonyl (C=O) groups is 1. The minimum atomic E-state index is -0.435. The number of ether oxygens (including phenoxy) is 1. The number of hydrogen-bond donors (Lipinski definition) is 0. The van der Waals surface area contributed by atoms with E-state index in [1.807, 2.05) is 5.38 Å². The number of benzene rings is 1. The van der Waals surface area contributed by atoms with Gasteiger partial charge in [0.05, 0.1) is 35.5 Å². The Kier molecular flexibility index (Phi) is 4.85. The number of thiazole rings is 1. The zero-order valence-electron chi connectivity index (χ0n) is 13.3. The van der Waals surface area contributed by atoms with Crippen LogP contribution in [-0.2, 0) is 11.3 Å². The molecule has 0 saturated heterocycles. The molecular formula is C16H14N4O4S. The third-order valence-corrected chi connectivity index (χ3v) is 4.20. The lowest BCUT2D eigenvalue weighted by atomic mass is 10.1. The molecule has 9 heteroatoms. The van der Waals surface area contributed by atoms with Crippen molar-refractivity contribution < 1.29 is 14.5 Å². The SMILES string of the molecule is CCOC(=O)c1cnn(Cc2nc(-c3ccc([N+](=O)[O-])cc3)cs2)c1. The molecule has 8 nitrogen and oxygen atoms in total. The Morgan fingerprint density at radius 2 is 2.12 bits per heavy atom. The van der Waals surface area contributed by atoms with E-state index >= 15 is 0 Å². The number of hydrogen-bond acceptors (Lipinski definition) is 7. The van der Waals surface area contributed by atoms with Gasteiger partial charge >= 0.3 is 5.97 Å². The van der Waals surface area contributed by atoms with Gasteiger partial charge in [0.25, 0.3) is 5.69 Å². The van der Waals surface area contributed by atoms with E-state index in [9.17, 15) is 14.9 Å². The summed E-state index contributed by atoms with van der Waals surface area (Å²) in [7, 11) is 0. The van der Waals surface area contributed by atoms with Crippen molar-refractivity contribution in [1.82, 2.24) is 14.8 Å². The van der Waals surface area contributed by atoms with Crippen LogP contribution in [0.3, 0.4) is 0 Å². The average molecular weight is 358 g/mol. The standard InChI is InChI=1S/C16H14N4O4S/c1-2-24-16(21)12-7-17-19(8-12)9-15-18-14(10-25-15)11-3-5-13(6-4-11)20(22)23/h3-8,10H,2,9H2,1H3. The van der Waals surface area contributed by atoms with Crippen LogP contribution in [0.4, 0.5) is 5.69 Å². The van der Waals surface area contributed by atoms with Gasteiger partial charge in [0.2, 0.25) is 0 Å². The van der Waals surface area contributed by atoms with Crippen LogP contribution in [0, 0.1) is 10.1 Å². The third-order valence-electron chi connectivity index (χ3n) is 3.37. The summed E-state index contributed by atoms with van der Waals surface area (Å²) in [6.07, 6.45) is 3.08. The van der Waals surface area contributed by atoms with Crippen LogP contribution >= 0.6 is 11.3 Å². The Morgan fingerprint density at radius 1 is 1.36 bits per heavy atom. The van der Waals surface area contributed by atoms with Gasteiger partial charge < -0.3 is 4.74 Å². The molecule has 0 aliphatic heterocycles. The number of rotatable bonds is 6. The van der Waals surface area contributed by atoms with Crippen molar-refractivity contribution in [2.75, 3.05) is 6.61 Å². The van der Waals surface area contributed by atoms with Gasteiger partial charge in [-0.3, -0.25) is 14.8 Å². The fourth-order valence-electron chi connectivity index (χ4n) is 2.18. The van der Waals surface area contributed by atoms with Crippen molar-refractivity contribution in [2.24, 2.45) is 0 Å². The Morgan fingerprint density at radius 3 is 2.80 bits per heavy atom. The van der Waals surface area contributed by atoms with E-state index in [2.05, 4.69) is 10.1 Å². The first-order chi connectivity index (χ1) is 12.1. The molecule has 1 aromatic carbocycles. The van der Waals surface area contributed by atoms with E-state index in [4.69, 9.17) is 4.74 Å². The first kappa shape index (κ1) is 16.8. The van der Waals surface area contributed by atoms with Crippen molar-refractivity contribution in [3.8, 4) is 11.3 Å². The zero-order valence-corrected chi connectivity index (χ0v) is 14.1. The third kappa shape index (κ3) is 3.89. The zero-order chi connectivity index (χ0) is 17.8. The molecule has 0 radical (unpaired) electrons. The lowest BCUT2D eigenvalue weighted by Crippen LogP contribution is -2.04. The minimum Gasteiger partial charge on any atom is -0.462 e. The fraction of sp³-hybridized carbons (Fsp3) is 0.188. The molecule has 25 heavy (non-hydrogen) atoms. The van der Waals surface area contributed by atoms with Gasteiger partial charge in [-0.2, -0.15) is 5.10 Å². The van der Waals surface area contributed by atoms with E-state index < -0.39 is 10.9 Å². The van der Waals surface area contributed by atoms with Crippen LogP contribution in [0.5, 0.6) is 0 Å². The summed E-state index contributed by atoms with van der Waals surface area (Å²) in [6.45, 7) is 2.49. The van der Waals surface area contributed by atoms with E-state index in [1.54, 1.807) is 29.9 Å². The maximum Gasteiger partial charge on any atom is 0.341 e. The largest absolute Gasteiger partial charge is 0.462 e. The highest BCUT2D eigenvalue weighted by Gasteiger charge is 2.12. The molecule has 0 N–H and O–H groups in total. The van der Waals surface area contributed by atoms with Gasteiger partial charge in [-0.05, 0) is 19.1 Å².